The molecule has 0 radical (unpaired) electrons. The van der Waals surface area contributed by atoms with Gasteiger partial charge in [-0.2, -0.15) is 0 Å². The first-order chi connectivity index (χ1) is 12.7. The van der Waals surface area contributed by atoms with E-state index in [9.17, 15) is 9.90 Å². The monoisotopic (exact) mass is 349 g/mol. The Labute approximate surface area is 152 Å². The molecule has 1 fully saturated rings. The molecule has 1 amide bonds. The number of H-pyrrole nitrogens is 1. The number of carbonyl (C=O) groups excluding carboxylic acids is 1. The summed E-state index contributed by atoms with van der Waals surface area (Å²) in [6.07, 6.45) is 3.29. The van der Waals surface area contributed by atoms with Crippen LogP contribution < -0.4 is 5.32 Å². The van der Waals surface area contributed by atoms with Gasteiger partial charge < -0.3 is 15.4 Å². The van der Waals surface area contributed by atoms with Crippen molar-refractivity contribution in [3.63, 3.8) is 0 Å². The van der Waals surface area contributed by atoms with Crippen LogP contribution in [0, 0.1) is 0 Å². The number of amides is 1. The van der Waals surface area contributed by atoms with E-state index in [4.69, 9.17) is 0 Å². The van der Waals surface area contributed by atoms with Crippen LogP contribution in [0.15, 0.2) is 54.7 Å². The maximum atomic E-state index is 12.8. The van der Waals surface area contributed by atoms with Crippen molar-refractivity contribution in [2.24, 2.45) is 0 Å². The fraction of sp³-hybridized carbons (Fsp3) is 0.286. The van der Waals surface area contributed by atoms with Gasteiger partial charge >= 0.3 is 0 Å². The van der Waals surface area contributed by atoms with Crippen molar-refractivity contribution in [3.05, 3.63) is 65.9 Å². The van der Waals surface area contributed by atoms with Crippen molar-refractivity contribution in [1.29, 1.82) is 0 Å². The Hall–Kier alpha value is -2.63. The van der Waals surface area contributed by atoms with E-state index < -0.39 is 0 Å². The number of benzene rings is 2. The van der Waals surface area contributed by atoms with Gasteiger partial charge in [-0.05, 0) is 36.6 Å². The van der Waals surface area contributed by atoms with Gasteiger partial charge in [0.15, 0.2) is 0 Å². The predicted molar refractivity (Wildman–Crippen MR) is 103 cm³/mol. The summed E-state index contributed by atoms with van der Waals surface area (Å²) in [6.45, 7) is 2.53. The van der Waals surface area contributed by atoms with Crippen molar-refractivity contribution >= 4 is 22.5 Å². The number of nitrogens with one attached hydrogen (secondary N) is 2. The average Bonchev–Trinajstić information content (AvgIpc) is 3.14. The number of aliphatic hydroxyl groups excluding tert-OH is 1. The Morgan fingerprint density at radius 3 is 2.77 bits per heavy atom. The van der Waals surface area contributed by atoms with Crippen LogP contribution in [0.3, 0.4) is 0 Å². The number of para-hydroxylation sites is 2. The second kappa shape index (κ2) is 7.32. The number of piperidine rings is 1. The minimum absolute atomic E-state index is 0.112. The smallest absolute Gasteiger partial charge is 0.257 e. The standard InChI is InChI=1S/C21H23N3O2/c25-17-9-12-24(13-10-17)14-16-4-1-2-7-19(16)23-21(26)18-6-3-5-15-8-11-22-20(15)18/h1-8,11,17,22,25H,9-10,12-14H2,(H,23,26). The summed E-state index contributed by atoms with van der Waals surface area (Å²) >= 11 is 0. The maximum absolute atomic E-state index is 12.8. The normalized spacial score (nSPS) is 16.0. The van der Waals surface area contributed by atoms with Crippen LogP contribution in [-0.4, -0.2) is 40.1 Å². The molecule has 1 aliphatic rings. The number of fused-ring (bicyclic) bond motifs is 1. The Morgan fingerprint density at radius 2 is 1.92 bits per heavy atom. The number of carbonyl (C=O) groups is 1. The molecule has 2 aromatic carbocycles. The third-order valence-electron chi connectivity index (χ3n) is 5.05. The summed E-state index contributed by atoms with van der Waals surface area (Å²) in [6, 6.07) is 15.6. The molecule has 0 aliphatic carbocycles. The quantitative estimate of drug-likeness (QED) is 0.676. The number of nitrogens with zero attached hydrogens (tertiary/aromatic N) is 1. The lowest BCUT2D eigenvalue weighted by Gasteiger charge is -2.30. The molecular formula is C21H23N3O2. The third-order valence-corrected chi connectivity index (χ3v) is 5.05. The van der Waals surface area contributed by atoms with E-state index in [2.05, 4.69) is 21.3 Å². The van der Waals surface area contributed by atoms with Crippen molar-refractivity contribution in [3.8, 4) is 0 Å². The number of hydrogen-bond acceptors (Lipinski definition) is 3. The second-order valence-corrected chi connectivity index (χ2v) is 6.87. The molecule has 3 aromatic rings. The minimum atomic E-state index is -0.178. The van der Waals surface area contributed by atoms with E-state index in [1.807, 2.05) is 48.7 Å². The lowest BCUT2D eigenvalue weighted by Crippen LogP contribution is -2.35. The zero-order valence-corrected chi connectivity index (χ0v) is 14.6. The Bertz CT molecular complexity index is 910. The summed E-state index contributed by atoms with van der Waals surface area (Å²) in [5, 5.41) is 13.8. The van der Waals surface area contributed by atoms with Crippen LogP contribution in [0.5, 0.6) is 0 Å². The zero-order chi connectivity index (χ0) is 17.9. The van der Waals surface area contributed by atoms with Gasteiger partial charge in [-0.3, -0.25) is 9.69 Å². The highest BCUT2D eigenvalue weighted by molar-refractivity contribution is 6.12. The third kappa shape index (κ3) is 3.49. The van der Waals surface area contributed by atoms with Crippen LogP contribution >= 0.6 is 0 Å². The average molecular weight is 349 g/mol. The lowest BCUT2D eigenvalue weighted by molar-refractivity contribution is 0.0793. The fourth-order valence-electron chi connectivity index (χ4n) is 3.56. The molecule has 0 saturated carbocycles. The first kappa shape index (κ1) is 16.8. The van der Waals surface area contributed by atoms with Crippen LogP contribution in [0.1, 0.15) is 28.8 Å². The Kier molecular flexibility index (Phi) is 4.73. The topological polar surface area (TPSA) is 68.4 Å². The molecule has 134 valence electrons. The van der Waals surface area contributed by atoms with Gasteiger partial charge in [-0.1, -0.05) is 30.3 Å². The molecule has 1 aliphatic heterocycles. The molecule has 2 heterocycles. The summed E-state index contributed by atoms with van der Waals surface area (Å²) in [4.78, 5) is 18.3. The summed E-state index contributed by atoms with van der Waals surface area (Å²) in [5.41, 5.74) is 3.43. The van der Waals surface area contributed by atoms with Crippen molar-refractivity contribution in [2.45, 2.75) is 25.5 Å². The molecule has 0 atom stereocenters. The molecular weight excluding hydrogens is 326 g/mol. The van der Waals surface area contributed by atoms with Crippen LogP contribution in [0.25, 0.3) is 10.9 Å². The molecule has 3 N–H and O–H groups in total. The number of anilines is 1. The van der Waals surface area contributed by atoms with Gasteiger partial charge in [-0.25, -0.2) is 0 Å². The molecule has 4 rings (SSSR count). The number of likely N-dealkylation sites (tertiary alicyclic amines) is 1. The Balaban J connectivity index is 1.53. The van der Waals surface area contributed by atoms with Crippen molar-refractivity contribution < 1.29 is 9.90 Å². The zero-order valence-electron chi connectivity index (χ0n) is 14.6. The highest BCUT2D eigenvalue weighted by Crippen LogP contribution is 2.22. The Morgan fingerprint density at radius 1 is 1.12 bits per heavy atom. The molecule has 0 unspecified atom stereocenters. The summed E-state index contributed by atoms with van der Waals surface area (Å²) < 4.78 is 0. The van der Waals surface area contributed by atoms with Gasteiger partial charge in [0.1, 0.15) is 0 Å². The highest BCUT2D eigenvalue weighted by atomic mass is 16.3. The van der Waals surface area contributed by atoms with Gasteiger partial charge in [0.25, 0.3) is 5.91 Å². The number of rotatable bonds is 4. The van der Waals surface area contributed by atoms with E-state index in [1.54, 1.807) is 0 Å². The van der Waals surface area contributed by atoms with Crippen LogP contribution in [0.4, 0.5) is 5.69 Å². The van der Waals surface area contributed by atoms with E-state index in [0.29, 0.717) is 5.56 Å². The van der Waals surface area contributed by atoms with E-state index in [-0.39, 0.29) is 12.0 Å². The van der Waals surface area contributed by atoms with Crippen molar-refractivity contribution in [2.75, 3.05) is 18.4 Å². The first-order valence-electron chi connectivity index (χ1n) is 9.06. The number of aliphatic hydroxyl groups is 1. The molecule has 1 aromatic heterocycles. The lowest BCUT2D eigenvalue weighted by atomic mass is 10.1. The predicted octanol–water partition coefficient (Wildman–Crippen LogP) is 3.38. The molecule has 0 bridgehead atoms. The first-order valence-corrected chi connectivity index (χ1v) is 9.06. The maximum Gasteiger partial charge on any atom is 0.257 e. The van der Waals surface area contributed by atoms with Gasteiger partial charge in [0.05, 0.1) is 17.2 Å². The summed E-state index contributed by atoms with van der Waals surface area (Å²) in [7, 11) is 0. The van der Waals surface area contributed by atoms with Crippen LogP contribution in [-0.2, 0) is 6.54 Å². The summed E-state index contributed by atoms with van der Waals surface area (Å²) in [5.74, 6) is -0.112. The number of hydrogen-bond donors (Lipinski definition) is 3. The number of aromatic amines is 1. The molecule has 1 saturated heterocycles. The second-order valence-electron chi connectivity index (χ2n) is 6.87. The van der Waals surface area contributed by atoms with E-state index in [0.717, 1.165) is 54.6 Å². The molecule has 26 heavy (non-hydrogen) atoms. The van der Waals surface area contributed by atoms with E-state index >= 15 is 0 Å². The highest BCUT2D eigenvalue weighted by Gasteiger charge is 2.19. The SMILES string of the molecule is O=C(Nc1ccccc1CN1CCC(O)CC1)c1cccc2cc[nH]c12. The largest absolute Gasteiger partial charge is 0.393 e. The molecule has 0 spiro atoms. The van der Waals surface area contributed by atoms with Crippen molar-refractivity contribution in [1.82, 2.24) is 9.88 Å². The minimum Gasteiger partial charge on any atom is -0.393 e. The fourth-order valence-corrected chi connectivity index (χ4v) is 3.56. The van der Waals surface area contributed by atoms with Gasteiger partial charge in [-0.15, -0.1) is 0 Å². The van der Waals surface area contributed by atoms with E-state index in [1.165, 1.54) is 0 Å². The van der Waals surface area contributed by atoms with Crippen LogP contribution in [0.2, 0.25) is 0 Å². The molecule has 5 heteroatoms. The number of aromatic nitrogens is 1. The molecule has 5 nitrogen and oxygen atoms in total. The van der Waals surface area contributed by atoms with Gasteiger partial charge in [0, 0.05) is 36.9 Å². The van der Waals surface area contributed by atoms with Gasteiger partial charge in [0.2, 0.25) is 0 Å².